The molecule has 1 N–H and O–H groups in total. The van der Waals surface area contributed by atoms with Gasteiger partial charge in [-0.3, -0.25) is 14.8 Å². The molecule has 31 heavy (non-hydrogen) atoms. The minimum atomic E-state index is 0.445. The molecular formula is C25H22N4O2. The maximum absolute atomic E-state index is 6.27. The second-order valence-corrected chi connectivity index (χ2v) is 7.29. The smallest absolute Gasteiger partial charge is 0.144 e. The molecule has 0 atom stereocenters. The fourth-order valence-electron chi connectivity index (χ4n) is 3.81. The van der Waals surface area contributed by atoms with Crippen LogP contribution in [0.25, 0.3) is 32.9 Å². The number of aromatic nitrogens is 3. The molecule has 2 aromatic carbocycles. The SMILES string of the molecule is CNOCn1c(C)cc2cc(Oc3ccnc4cc(-c5ccncc5)ccc34)ccc21. The van der Waals surface area contributed by atoms with E-state index in [-0.39, 0.29) is 0 Å². The van der Waals surface area contributed by atoms with Crippen LogP contribution in [0.1, 0.15) is 5.69 Å². The van der Waals surface area contributed by atoms with Crippen molar-refractivity contribution in [2.24, 2.45) is 0 Å². The first-order chi connectivity index (χ1) is 15.2. The van der Waals surface area contributed by atoms with Crippen LogP contribution in [0.15, 0.2) is 79.3 Å². The normalized spacial score (nSPS) is 11.3. The lowest BCUT2D eigenvalue weighted by molar-refractivity contribution is 0.00982. The molecule has 5 rings (SSSR count). The van der Waals surface area contributed by atoms with Gasteiger partial charge in [-0.2, -0.15) is 0 Å². The van der Waals surface area contributed by atoms with Gasteiger partial charge in [0.05, 0.1) is 11.0 Å². The lowest BCUT2D eigenvalue weighted by Gasteiger charge is -2.11. The number of nitrogens with one attached hydrogen (secondary N) is 1. The van der Waals surface area contributed by atoms with E-state index in [1.54, 1.807) is 25.6 Å². The molecule has 0 aliphatic rings. The van der Waals surface area contributed by atoms with E-state index >= 15 is 0 Å². The molecule has 0 unspecified atom stereocenters. The Labute approximate surface area is 180 Å². The maximum atomic E-state index is 6.27. The molecule has 3 heterocycles. The molecule has 3 aromatic heterocycles. The number of aryl methyl sites for hydroxylation is 1. The maximum Gasteiger partial charge on any atom is 0.144 e. The van der Waals surface area contributed by atoms with E-state index in [0.717, 1.165) is 50.1 Å². The Morgan fingerprint density at radius 3 is 2.61 bits per heavy atom. The van der Waals surface area contributed by atoms with Gasteiger partial charge in [0.15, 0.2) is 0 Å². The number of hydrogen-bond acceptors (Lipinski definition) is 5. The van der Waals surface area contributed by atoms with Crippen LogP contribution in [0.3, 0.4) is 0 Å². The van der Waals surface area contributed by atoms with Crippen molar-refractivity contribution in [1.29, 1.82) is 0 Å². The third-order valence-corrected chi connectivity index (χ3v) is 5.36. The highest BCUT2D eigenvalue weighted by molar-refractivity contribution is 5.89. The fraction of sp³-hybridized carbons (Fsp3) is 0.120. The van der Waals surface area contributed by atoms with Gasteiger partial charge in [0.25, 0.3) is 0 Å². The molecule has 6 heteroatoms. The minimum Gasteiger partial charge on any atom is -0.457 e. The van der Waals surface area contributed by atoms with Crippen molar-refractivity contribution >= 4 is 21.8 Å². The number of hydrogen-bond donors (Lipinski definition) is 1. The third kappa shape index (κ3) is 3.74. The van der Waals surface area contributed by atoms with Gasteiger partial charge >= 0.3 is 0 Å². The van der Waals surface area contributed by atoms with Gasteiger partial charge in [0, 0.05) is 42.1 Å². The molecule has 0 aliphatic heterocycles. The molecule has 0 fully saturated rings. The van der Waals surface area contributed by atoms with Gasteiger partial charge in [0.2, 0.25) is 0 Å². The highest BCUT2D eigenvalue weighted by Crippen LogP contribution is 2.33. The van der Waals surface area contributed by atoms with E-state index in [4.69, 9.17) is 9.57 Å². The summed E-state index contributed by atoms with van der Waals surface area (Å²) in [5.74, 6) is 1.56. The third-order valence-electron chi connectivity index (χ3n) is 5.36. The number of benzene rings is 2. The first kappa shape index (κ1) is 19.2. The Kier molecular flexibility index (Phi) is 5.08. The van der Waals surface area contributed by atoms with Crippen molar-refractivity contribution in [3.8, 4) is 22.6 Å². The van der Waals surface area contributed by atoms with Crippen molar-refractivity contribution in [3.63, 3.8) is 0 Å². The highest BCUT2D eigenvalue weighted by Gasteiger charge is 2.10. The monoisotopic (exact) mass is 410 g/mol. The van der Waals surface area contributed by atoms with Crippen LogP contribution in [-0.4, -0.2) is 21.6 Å². The number of pyridine rings is 2. The molecule has 0 amide bonds. The summed E-state index contributed by atoms with van der Waals surface area (Å²) in [5, 5.41) is 2.07. The highest BCUT2D eigenvalue weighted by atomic mass is 16.6. The summed E-state index contributed by atoms with van der Waals surface area (Å²) in [6, 6.07) is 20.3. The van der Waals surface area contributed by atoms with Crippen LogP contribution in [0, 0.1) is 6.92 Å². The second-order valence-electron chi connectivity index (χ2n) is 7.29. The Morgan fingerprint density at radius 1 is 0.903 bits per heavy atom. The molecule has 0 saturated heterocycles. The Morgan fingerprint density at radius 2 is 1.77 bits per heavy atom. The summed E-state index contributed by atoms with van der Waals surface area (Å²) in [7, 11) is 1.76. The molecule has 0 radical (unpaired) electrons. The van der Waals surface area contributed by atoms with Crippen molar-refractivity contribution < 1.29 is 9.57 Å². The van der Waals surface area contributed by atoms with Crippen LogP contribution in [0.4, 0.5) is 0 Å². The van der Waals surface area contributed by atoms with E-state index in [0.29, 0.717) is 6.73 Å². The zero-order valence-electron chi connectivity index (χ0n) is 17.4. The van der Waals surface area contributed by atoms with Gasteiger partial charge in [-0.1, -0.05) is 6.07 Å². The second kappa shape index (κ2) is 8.18. The standard InChI is InChI=1S/C25H22N4O2/c1-17-13-20-14-21(4-6-24(20)29(17)16-30-26-2)31-25-9-12-28-23-15-19(3-5-22(23)25)18-7-10-27-11-8-18/h3-15,26H,16H2,1-2H3. The molecule has 0 spiro atoms. The van der Waals surface area contributed by atoms with Crippen molar-refractivity contribution in [1.82, 2.24) is 20.0 Å². The average Bonchev–Trinajstić information content (AvgIpc) is 3.12. The first-order valence-electron chi connectivity index (χ1n) is 10.1. The zero-order valence-corrected chi connectivity index (χ0v) is 17.4. The van der Waals surface area contributed by atoms with E-state index in [2.05, 4.69) is 63.3 Å². The van der Waals surface area contributed by atoms with Crippen LogP contribution >= 0.6 is 0 Å². The summed E-state index contributed by atoms with van der Waals surface area (Å²) in [6.07, 6.45) is 5.37. The van der Waals surface area contributed by atoms with Crippen LogP contribution in [0.5, 0.6) is 11.5 Å². The lowest BCUT2D eigenvalue weighted by Crippen LogP contribution is -2.12. The average molecular weight is 410 g/mol. The summed E-state index contributed by atoms with van der Waals surface area (Å²) in [6.45, 7) is 2.51. The summed E-state index contributed by atoms with van der Waals surface area (Å²) in [4.78, 5) is 14.0. The molecular weight excluding hydrogens is 388 g/mol. The van der Waals surface area contributed by atoms with Crippen LogP contribution in [-0.2, 0) is 11.6 Å². The van der Waals surface area contributed by atoms with Crippen LogP contribution in [0.2, 0.25) is 0 Å². The molecule has 0 bridgehead atoms. The van der Waals surface area contributed by atoms with Gasteiger partial charge in [-0.15, -0.1) is 0 Å². The zero-order chi connectivity index (χ0) is 21.2. The Balaban J connectivity index is 1.48. The lowest BCUT2D eigenvalue weighted by atomic mass is 10.0. The van der Waals surface area contributed by atoms with Crippen molar-refractivity contribution in [3.05, 3.63) is 84.9 Å². The first-order valence-corrected chi connectivity index (χ1v) is 10.1. The summed E-state index contributed by atoms with van der Waals surface area (Å²) in [5.41, 5.74) is 8.04. The van der Waals surface area contributed by atoms with Crippen molar-refractivity contribution in [2.75, 3.05) is 7.05 Å². The van der Waals surface area contributed by atoms with Crippen molar-refractivity contribution in [2.45, 2.75) is 13.7 Å². The van der Waals surface area contributed by atoms with Gasteiger partial charge in [-0.05, 0) is 72.6 Å². The van der Waals surface area contributed by atoms with Gasteiger partial charge < -0.3 is 9.30 Å². The van der Waals surface area contributed by atoms with E-state index in [1.165, 1.54) is 0 Å². The molecule has 6 nitrogen and oxygen atoms in total. The van der Waals surface area contributed by atoms with E-state index in [1.807, 2.05) is 24.3 Å². The summed E-state index contributed by atoms with van der Waals surface area (Å²) < 4.78 is 8.38. The number of nitrogens with zero attached hydrogens (tertiary/aromatic N) is 3. The number of fused-ring (bicyclic) bond motifs is 2. The van der Waals surface area contributed by atoms with Gasteiger partial charge in [-0.25, -0.2) is 5.48 Å². The number of hydroxylamine groups is 1. The predicted octanol–water partition coefficient (Wildman–Crippen LogP) is 5.46. The largest absolute Gasteiger partial charge is 0.457 e. The van der Waals surface area contributed by atoms with Gasteiger partial charge in [0.1, 0.15) is 18.2 Å². The number of rotatable bonds is 6. The molecule has 0 aliphatic carbocycles. The van der Waals surface area contributed by atoms with E-state index < -0.39 is 0 Å². The van der Waals surface area contributed by atoms with E-state index in [9.17, 15) is 0 Å². The Bertz CT molecular complexity index is 1360. The molecule has 0 saturated carbocycles. The minimum absolute atomic E-state index is 0.445. The predicted molar refractivity (Wildman–Crippen MR) is 122 cm³/mol. The fourth-order valence-corrected chi connectivity index (χ4v) is 3.81. The molecule has 5 aromatic rings. The number of ether oxygens (including phenoxy) is 1. The molecule has 154 valence electrons. The Hall–Kier alpha value is -3.74. The summed E-state index contributed by atoms with van der Waals surface area (Å²) >= 11 is 0. The quantitative estimate of drug-likeness (QED) is 0.377. The topological polar surface area (TPSA) is 61.2 Å². The van der Waals surface area contributed by atoms with Crippen LogP contribution < -0.4 is 10.2 Å².